The number of aliphatic hydroxyl groups excluding tert-OH is 1. The molecular weight excluding hydrogens is 917 g/mol. The van der Waals surface area contributed by atoms with E-state index in [0.29, 0.717) is 5.56 Å². The van der Waals surface area contributed by atoms with Crippen molar-refractivity contribution in [2.75, 3.05) is 6.61 Å². The topological polar surface area (TPSA) is 231 Å². The number of aryl methyl sites for hydroxylation is 1. The van der Waals surface area contributed by atoms with Gasteiger partial charge in [-0.3, -0.25) is 19.2 Å². The molecule has 1 aliphatic heterocycles. The third-order valence-corrected chi connectivity index (χ3v) is 14.9. The average molecular weight is 974 g/mol. The van der Waals surface area contributed by atoms with Gasteiger partial charge in [0.05, 0.1) is 29.6 Å². The Morgan fingerprint density at radius 2 is 1.39 bits per heavy atom. The number of pyridine rings is 1. The number of ketones is 1. The minimum Gasteiger partial charge on any atom is -0.455 e. The van der Waals surface area contributed by atoms with Crippen molar-refractivity contribution in [3.8, 4) is 0 Å². The maximum Gasteiger partial charge on any atom is 0.350 e. The molecule has 3 aromatic carbocycles. The van der Waals surface area contributed by atoms with Crippen molar-refractivity contribution in [3.63, 3.8) is 0 Å². The van der Waals surface area contributed by atoms with Crippen LogP contribution in [0.2, 0.25) is 0 Å². The molecule has 2 unspecified atom stereocenters. The normalized spacial score (nSPS) is 29.2. The lowest BCUT2D eigenvalue weighted by molar-refractivity contribution is -0.671. The van der Waals surface area contributed by atoms with Crippen molar-refractivity contribution in [2.45, 2.75) is 108 Å². The number of aromatic nitrogens is 1. The Morgan fingerprint density at radius 3 is 1.97 bits per heavy atom. The first-order chi connectivity index (χ1) is 33.6. The zero-order valence-corrected chi connectivity index (χ0v) is 40.4. The van der Waals surface area contributed by atoms with Crippen molar-refractivity contribution in [1.82, 2.24) is 5.32 Å². The standard InChI is InChI=1S/C54H56N2O15/c1-30-37(68-50(64)43(69-49(63)36-24-17-25-56(7)28-36)41(33-18-11-8-12-19-33)55-47(61)34-20-13-9-14-21-34)27-54(65)46(70-48(62)35-22-15-10-16-23-35)44-52(6,38(59)26-39-53(44,29-66-39)71-32(3)58)45(60)42(67-31(2)57)40(30)51(54,4)5/h8-25,28,37-39,41-44,46,59,65H,26-27,29H2,1-7H3/p+1/t37-,38-,39+,41-,42+,43+,44?,46?,52+,53-,54+/m0/s1. The van der Waals surface area contributed by atoms with Crippen LogP contribution < -0.4 is 9.88 Å². The van der Waals surface area contributed by atoms with Crippen LogP contribution in [0.5, 0.6) is 0 Å². The van der Waals surface area contributed by atoms with Crippen LogP contribution in [0.15, 0.2) is 127 Å². The van der Waals surface area contributed by atoms with Crippen LogP contribution >= 0.6 is 0 Å². The van der Waals surface area contributed by atoms with Crippen LogP contribution in [0.4, 0.5) is 0 Å². The molecule has 1 aromatic heterocycles. The molecule has 71 heavy (non-hydrogen) atoms. The van der Waals surface area contributed by atoms with Crippen molar-refractivity contribution in [3.05, 3.63) is 149 Å². The predicted molar refractivity (Wildman–Crippen MR) is 249 cm³/mol. The number of nitrogens with zero attached hydrogens (tertiary/aromatic N) is 1. The van der Waals surface area contributed by atoms with E-state index in [2.05, 4.69) is 5.32 Å². The van der Waals surface area contributed by atoms with Gasteiger partial charge in [0, 0.05) is 43.7 Å². The van der Waals surface area contributed by atoms with E-state index in [4.69, 9.17) is 28.4 Å². The van der Waals surface area contributed by atoms with Crippen LogP contribution in [0.25, 0.3) is 0 Å². The number of rotatable bonds is 12. The van der Waals surface area contributed by atoms with Gasteiger partial charge in [0.1, 0.15) is 42.6 Å². The summed E-state index contributed by atoms with van der Waals surface area (Å²) < 4.78 is 38.6. The molecule has 2 bridgehead atoms. The molecule has 2 heterocycles. The van der Waals surface area contributed by atoms with E-state index < -0.39 is 119 Å². The molecule has 17 heteroatoms. The number of amides is 1. The molecule has 3 N–H and O–H groups in total. The van der Waals surface area contributed by atoms with Gasteiger partial charge in [-0.05, 0) is 60.9 Å². The molecule has 3 fully saturated rings. The second kappa shape index (κ2) is 19.3. The molecule has 1 amide bonds. The number of carbonyl (C=O) groups excluding carboxylic acids is 7. The third-order valence-electron chi connectivity index (χ3n) is 14.9. The van der Waals surface area contributed by atoms with Crippen molar-refractivity contribution in [2.24, 2.45) is 23.8 Å². The van der Waals surface area contributed by atoms with E-state index >= 15 is 9.59 Å². The molecule has 2 saturated carbocycles. The van der Waals surface area contributed by atoms with Crippen LogP contribution in [0.1, 0.15) is 97.1 Å². The Labute approximate surface area is 410 Å². The highest BCUT2D eigenvalue weighted by Gasteiger charge is 2.78. The fourth-order valence-corrected chi connectivity index (χ4v) is 11.2. The highest BCUT2D eigenvalue weighted by molar-refractivity contribution is 5.97. The summed E-state index contributed by atoms with van der Waals surface area (Å²) in [5.41, 5.74) is -7.33. The van der Waals surface area contributed by atoms with E-state index in [9.17, 15) is 34.2 Å². The number of nitrogens with one attached hydrogen (secondary N) is 1. The van der Waals surface area contributed by atoms with Gasteiger partial charge in [0.2, 0.25) is 6.10 Å². The van der Waals surface area contributed by atoms with E-state index in [1.54, 1.807) is 117 Å². The lowest BCUT2D eigenvalue weighted by Gasteiger charge is -2.67. The Hall–Kier alpha value is -7.08. The molecule has 17 nitrogen and oxygen atoms in total. The largest absolute Gasteiger partial charge is 0.455 e. The Bertz CT molecular complexity index is 2780. The lowest BCUT2D eigenvalue weighted by atomic mass is 9.44. The molecular formula is C54H57N2O15+. The number of esters is 5. The second-order valence-electron chi connectivity index (χ2n) is 19.5. The van der Waals surface area contributed by atoms with Gasteiger partial charge < -0.3 is 44.0 Å². The fourth-order valence-electron chi connectivity index (χ4n) is 11.2. The van der Waals surface area contributed by atoms with Gasteiger partial charge in [-0.2, -0.15) is 0 Å². The summed E-state index contributed by atoms with van der Waals surface area (Å²) in [5.74, 6) is -7.95. The van der Waals surface area contributed by atoms with E-state index in [-0.39, 0.29) is 40.9 Å². The maximum atomic E-state index is 15.7. The highest BCUT2D eigenvalue weighted by atomic mass is 16.6. The molecule has 0 radical (unpaired) electrons. The van der Waals surface area contributed by atoms with E-state index in [1.165, 1.54) is 38.2 Å². The molecule has 8 rings (SSSR count). The predicted octanol–water partition coefficient (Wildman–Crippen LogP) is 4.42. The lowest BCUT2D eigenvalue weighted by Crippen LogP contribution is -2.82. The van der Waals surface area contributed by atoms with Gasteiger partial charge in [-0.15, -0.1) is 0 Å². The molecule has 4 aromatic rings. The van der Waals surface area contributed by atoms with Gasteiger partial charge in [-0.25, -0.2) is 19.0 Å². The Balaban J connectivity index is 1.31. The minimum absolute atomic E-state index is 0.0345. The highest BCUT2D eigenvalue weighted by Crippen LogP contribution is 2.64. The van der Waals surface area contributed by atoms with Gasteiger partial charge in [0.25, 0.3) is 5.91 Å². The third kappa shape index (κ3) is 8.91. The smallest absolute Gasteiger partial charge is 0.350 e. The van der Waals surface area contributed by atoms with Crippen LogP contribution in [-0.4, -0.2) is 106 Å². The van der Waals surface area contributed by atoms with Gasteiger partial charge in [0.15, 0.2) is 29.9 Å². The van der Waals surface area contributed by atoms with Crippen LogP contribution in [0.3, 0.4) is 0 Å². The van der Waals surface area contributed by atoms with Crippen molar-refractivity contribution in [1.29, 1.82) is 0 Å². The first kappa shape index (κ1) is 50.3. The molecule has 11 atom stereocenters. The number of ether oxygens (including phenoxy) is 6. The summed E-state index contributed by atoms with van der Waals surface area (Å²) in [7, 11) is 1.68. The molecule has 3 aliphatic carbocycles. The zero-order valence-electron chi connectivity index (χ0n) is 40.4. The Kier molecular flexibility index (Phi) is 13.6. The van der Waals surface area contributed by atoms with E-state index in [1.807, 2.05) is 0 Å². The summed E-state index contributed by atoms with van der Waals surface area (Å²) in [6.45, 7) is 7.92. The number of aliphatic hydroxyl groups is 2. The number of Topliss-reactive ketones (excluding diaryl/α,β-unsaturated/α-hetero) is 1. The summed E-state index contributed by atoms with van der Waals surface area (Å²) in [4.78, 5) is 100. The van der Waals surface area contributed by atoms with Crippen molar-refractivity contribution >= 4 is 41.5 Å². The van der Waals surface area contributed by atoms with Gasteiger partial charge >= 0.3 is 29.8 Å². The molecule has 4 aliphatic rings. The number of hydrogen-bond donors (Lipinski definition) is 3. The first-order valence-electron chi connectivity index (χ1n) is 23.3. The molecule has 372 valence electrons. The van der Waals surface area contributed by atoms with Crippen LogP contribution in [-0.2, 0) is 54.6 Å². The van der Waals surface area contributed by atoms with Crippen LogP contribution in [0, 0.1) is 16.7 Å². The monoisotopic (exact) mass is 973 g/mol. The Morgan fingerprint density at radius 1 is 0.789 bits per heavy atom. The number of fused-ring (bicyclic) bond motifs is 5. The van der Waals surface area contributed by atoms with E-state index in [0.717, 1.165) is 13.8 Å². The first-order valence-corrected chi connectivity index (χ1v) is 23.3. The quantitative estimate of drug-likeness (QED) is 0.0772. The summed E-state index contributed by atoms with van der Waals surface area (Å²) >= 11 is 0. The zero-order chi connectivity index (χ0) is 51.2. The fraction of sp³-hybridized carbons (Fsp3) is 0.407. The number of hydrogen-bond acceptors (Lipinski definition) is 15. The number of carbonyl (C=O) groups is 7. The van der Waals surface area contributed by atoms with Crippen molar-refractivity contribution < 1.29 is 76.8 Å². The summed E-state index contributed by atoms with van der Waals surface area (Å²) in [5, 5.41) is 29.0. The molecule has 0 spiro atoms. The molecule has 1 saturated heterocycles. The average Bonchev–Trinajstić information content (AvgIpc) is 3.33. The summed E-state index contributed by atoms with van der Waals surface area (Å²) in [6.07, 6.45) is -7.59. The second-order valence-corrected chi connectivity index (χ2v) is 19.5. The maximum absolute atomic E-state index is 15.7. The summed E-state index contributed by atoms with van der Waals surface area (Å²) in [6, 6.07) is 25.9. The minimum atomic E-state index is -2.46. The number of benzene rings is 3. The van der Waals surface area contributed by atoms with Gasteiger partial charge in [-0.1, -0.05) is 80.6 Å². The SMILES string of the molecule is CC(=O)O[C@H]1C(=O)[C@@]2(C)C(C(OC(=O)c3ccccc3)[C@]3(O)C[C@H](OC(=O)[C@H](OC(=O)c4ccc[n+](C)c4)[C@@H](NC(=O)c4ccccc4)c4ccccc4)C(C)=C1C3(C)C)[C@]1(OC(C)=O)CO[C@@H]1C[C@@H]2O.